The largest absolute Gasteiger partial charge is 0.352 e. The van der Waals surface area contributed by atoms with Gasteiger partial charge in [0.05, 0.1) is 10.6 Å². The SMILES string of the molecule is CC(C)CCNC(=O)c1ccncc1Cl. The highest BCUT2D eigenvalue weighted by atomic mass is 35.5. The Kier molecular flexibility index (Phi) is 4.56. The zero-order valence-electron chi connectivity index (χ0n) is 8.96. The number of amides is 1. The van der Waals surface area contributed by atoms with E-state index in [9.17, 15) is 4.79 Å². The van der Waals surface area contributed by atoms with Crippen molar-refractivity contribution in [2.24, 2.45) is 5.92 Å². The summed E-state index contributed by atoms with van der Waals surface area (Å²) in [7, 11) is 0. The van der Waals surface area contributed by atoms with Crippen LogP contribution in [-0.4, -0.2) is 17.4 Å². The van der Waals surface area contributed by atoms with Crippen molar-refractivity contribution in [2.75, 3.05) is 6.54 Å². The summed E-state index contributed by atoms with van der Waals surface area (Å²) in [4.78, 5) is 15.4. The van der Waals surface area contributed by atoms with E-state index in [1.54, 1.807) is 12.3 Å². The van der Waals surface area contributed by atoms with E-state index < -0.39 is 0 Å². The Labute approximate surface area is 94.9 Å². The fourth-order valence-corrected chi connectivity index (χ4v) is 1.33. The highest BCUT2D eigenvalue weighted by Crippen LogP contribution is 2.12. The van der Waals surface area contributed by atoms with Crippen LogP contribution in [0.25, 0.3) is 0 Å². The summed E-state index contributed by atoms with van der Waals surface area (Å²) in [5.74, 6) is 0.446. The molecule has 15 heavy (non-hydrogen) atoms. The van der Waals surface area contributed by atoms with E-state index in [2.05, 4.69) is 24.1 Å². The number of pyridine rings is 1. The Morgan fingerprint density at radius 1 is 1.60 bits per heavy atom. The lowest BCUT2D eigenvalue weighted by molar-refractivity contribution is 0.0952. The quantitative estimate of drug-likeness (QED) is 0.857. The molecule has 0 unspecified atom stereocenters. The molecule has 4 heteroatoms. The highest BCUT2D eigenvalue weighted by Gasteiger charge is 2.08. The number of carbonyl (C=O) groups is 1. The van der Waals surface area contributed by atoms with Gasteiger partial charge in [0, 0.05) is 18.9 Å². The van der Waals surface area contributed by atoms with E-state index in [-0.39, 0.29) is 5.91 Å². The Morgan fingerprint density at radius 3 is 2.93 bits per heavy atom. The Balaban J connectivity index is 2.51. The van der Waals surface area contributed by atoms with Crippen molar-refractivity contribution in [1.29, 1.82) is 0 Å². The van der Waals surface area contributed by atoms with Gasteiger partial charge >= 0.3 is 0 Å². The second-order valence-corrected chi connectivity index (χ2v) is 4.20. The van der Waals surface area contributed by atoms with E-state index in [4.69, 9.17) is 11.6 Å². The summed E-state index contributed by atoms with van der Waals surface area (Å²) in [6, 6.07) is 1.62. The number of nitrogens with one attached hydrogen (secondary N) is 1. The average molecular weight is 227 g/mol. The molecule has 1 rings (SSSR count). The van der Waals surface area contributed by atoms with E-state index in [0.29, 0.717) is 23.0 Å². The van der Waals surface area contributed by atoms with Crippen LogP contribution in [0.15, 0.2) is 18.5 Å². The summed E-state index contributed by atoms with van der Waals surface area (Å²) >= 11 is 5.84. The number of aromatic nitrogens is 1. The smallest absolute Gasteiger partial charge is 0.252 e. The molecule has 0 aliphatic carbocycles. The first-order valence-electron chi connectivity index (χ1n) is 4.99. The molecule has 0 radical (unpaired) electrons. The predicted molar refractivity (Wildman–Crippen MR) is 61.0 cm³/mol. The second-order valence-electron chi connectivity index (χ2n) is 3.79. The Hall–Kier alpha value is -1.09. The summed E-state index contributed by atoms with van der Waals surface area (Å²) in [6.07, 6.45) is 4.00. The van der Waals surface area contributed by atoms with Gasteiger partial charge in [-0.1, -0.05) is 25.4 Å². The van der Waals surface area contributed by atoms with Gasteiger partial charge in [-0.05, 0) is 18.4 Å². The Bertz CT molecular complexity index is 339. The van der Waals surface area contributed by atoms with E-state index >= 15 is 0 Å². The summed E-state index contributed by atoms with van der Waals surface area (Å²) in [5.41, 5.74) is 0.482. The maximum absolute atomic E-state index is 11.6. The Morgan fingerprint density at radius 2 is 2.33 bits per heavy atom. The molecule has 1 aromatic heterocycles. The third-order valence-corrected chi connectivity index (χ3v) is 2.33. The normalized spacial score (nSPS) is 10.4. The maximum atomic E-state index is 11.6. The van der Waals surface area contributed by atoms with Crippen LogP contribution in [-0.2, 0) is 0 Å². The van der Waals surface area contributed by atoms with Crippen LogP contribution in [0.1, 0.15) is 30.6 Å². The fraction of sp³-hybridized carbons (Fsp3) is 0.455. The number of rotatable bonds is 4. The highest BCUT2D eigenvalue weighted by molar-refractivity contribution is 6.33. The lowest BCUT2D eigenvalue weighted by Crippen LogP contribution is -2.25. The third kappa shape index (κ3) is 3.88. The van der Waals surface area contributed by atoms with Crippen LogP contribution >= 0.6 is 11.6 Å². The zero-order chi connectivity index (χ0) is 11.3. The van der Waals surface area contributed by atoms with Crippen LogP contribution < -0.4 is 5.32 Å². The predicted octanol–water partition coefficient (Wildman–Crippen LogP) is 2.51. The molecule has 0 aliphatic rings. The minimum Gasteiger partial charge on any atom is -0.352 e. The number of hydrogen-bond donors (Lipinski definition) is 1. The van der Waals surface area contributed by atoms with E-state index in [0.717, 1.165) is 6.42 Å². The fourth-order valence-electron chi connectivity index (χ4n) is 1.13. The van der Waals surface area contributed by atoms with Crippen molar-refractivity contribution in [3.05, 3.63) is 29.0 Å². The molecule has 0 fully saturated rings. The maximum Gasteiger partial charge on any atom is 0.252 e. The molecule has 0 aromatic carbocycles. The summed E-state index contributed by atoms with van der Waals surface area (Å²) in [6.45, 7) is 4.91. The van der Waals surface area contributed by atoms with Gasteiger partial charge in [0.25, 0.3) is 5.91 Å². The van der Waals surface area contributed by atoms with Crippen molar-refractivity contribution >= 4 is 17.5 Å². The molecule has 0 atom stereocenters. The first kappa shape index (κ1) is 12.0. The lowest BCUT2D eigenvalue weighted by Gasteiger charge is -2.07. The van der Waals surface area contributed by atoms with Crippen LogP contribution in [0.4, 0.5) is 0 Å². The molecule has 1 amide bonds. The molecule has 0 saturated heterocycles. The summed E-state index contributed by atoms with van der Waals surface area (Å²) in [5, 5.41) is 3.21. The monoisotopic (exact) mass is 226 g/mol. The lowest BCUT2D eigenvalue weighted by atomic mass is 10.1. The minimum absolute atomic E-state index is 0.136. The molecule has 82 valence electrons. The standard InChI is InChI=1S/C11H15ClN2O/c1-8(2)3-6-14-11(15)9-4-5-13-7-10(9)12/h4-5,7-8H,3,6H2,1-2H3,(H,14,15). The van der Waals surface area contributed by atoms with Gasteiger partial charge in [0.1, 0.15) is 0 Å². The van der Waals surface area contributed by atoms with Crippen LogP contribution in [0, 0.1) is 5.92 Å². The van der Waals surface area contributed by atoms with Crippen molar-refractivity contribution in [1.82, 2.24) is 10.3 Å². The van der Waals surface area contributed by atoms with Crippen molar-refractivity contribution in [3.63, 3.8) is 0 Å². The van der Waals surface area contributed by atoms with Gasteiger partial charge in [-0.3, -0.25) is 9.78 Å². The molecule has 1 aromatic rings. The molecule has 1 heterocycles. The van der Waals surface area contributed by atoms with Gasteiger partial charge in [0.2, 0.25) is 0 Å². The van der Waals surface area contributed by atoms with Gasteiger partial charge < -0.3 is 5.32 Å². The van der Waals surface area contributed by atoms with Crippen molar-refractivity contribution in [3.8, 4) is 0 Å². The molecule has 1 N–H and O–H groups in total. The molecule has 0 aliphatic heterocycles. The number of halogens is 1. The molecule has 3 nitrogen and oxygen atoms in total. The number of hydrogen-bond acceptors (Lipinski definition) is 2. The second kappa shape index (κ2) is 5.71. The summed E-state index contributed by atoms with van der Waals surface area (Å²) < 4.78 is 0. The van der Waals surface area contributed by atoms with E-state index in [1.807, 2.05) is 0 Å². The van der Waals surface area contributed by atoms with Gasteiger partial charge in [-0.2, -0.15) is 0 Å². The van der Waals surface area contributed by atoms with Crippen LogP contribution in [0.2, 0.25) is 5.02 Å². The molecular weight excluding hydrogens is 212 g/mol. The van der Waals surface area contributed by atoms with Crippen LogP contribution in [0.5, 0.6) is 0 Å². The molecule has 0 bridgehead atoms. The minimum atomic E-state index is -0.136. The first-order chi connectivity index (χ1) is 7.11. The van der Waals surface area contributed by atoms with Crippen LogP contribution in [0.3, 0.4) is 0 Å². The van der Waals surface area contributed by atoms with Crippen molar-refractivity contribution in [2.45, 2.75) is 20.3 Å². The number of nitrogens with zero attached hydrogens (tertiary/aromatic N) is 1. The topological polar surface area (TPSA) is 42.0 Å². The van der Waals surface area contributed by atoms with Gasteiger partial charge in [-0.15, -0.1) is 0 Å². The van der Waals surface area contributed by atoms with Crippen molar-refractivity contribution < 1.29 is 4.79 Å². The molecule has 0 saturated carbocycles. The molecule has 0 spiro atoms. The van der Waals surface area contributed by atoms with Gasteiger partial charge in [-0.25, -0.2) is 0 Å². The average Bonchev–Trinajstić information content (AvgIpc) is 2.17. The zero-order valence-corrected chi connectivity index (χ0v) is 9.71. The van der Waals surface area contributed by atoms with Gasteiger partial charge in [0.15, 0.2) is 0 Å². The number of carbonyl (C=O) groups excluding carboxylic acids is 1. The first-order valence-corrected chi connectivity index (χ1v) is 5.36. The third-order valence-electron chi connectivity index (χ3n) is 2.02. The van der Waals surface area contributed by atoms with E-state index in [1.165, 1.54) is 6.20 Å². The molecular formula is C11H15ClN2O.